The highest BCUT2D eigenvalue weighted by molar-refractivity contribution is 4.96. The zero-order valence-electron chi connectivity index (χ0n) is 10.1. The predicted molar refractivity (Wildman–Crippen MR) is 64.9 cm³/mol. The van der Waals surface area contributed by atoms with Crippen LogP contribution in [-0.2, 0) is 0 Å². The maximum atomic E-state index is 5.63. The molecular formula is C13H24N2. The Morgan fingerprint density at radius 3 is 2.87 bits per heavy atom. The van der Waals surface area contributed by atoms with Crippen LogP contribution in [0.25, 0.3) is 0 Å². The van der Waals surface area contributed by atoms with Crippen molar-refractivity contribution in [3.8, 4) is 11.8 Å². The molecule has 1 fully saturated rings. The van der Waals surface area contributed by atoms with Gasteiger partial charge in [0.2, 0.25) is 0 Å². The zero-order chi connectivity index (χ0) is 11.1. The van der Waals surface area contributed by atoms with Crippen LogP contribution in [0.15, 0.2) is 0 Å². The van der Waals surface area contributed by atoms with Crippen LogP contribution in [0.2, 0.25) is 0 Å². The van der Waals surface area contributed by atoms with Crippen LogP contribution in [-0.4, -0.2) is 6.04 Å². The normalized spacial score (nSPS) is 27.9. The summed E-state index contributed by atoms with van der Waals surface area (Å²) < 4.78 is 0. The van der Waals surface area contributed by atoms with E-state index in [4.69, 9.17) is 5.84 Å². The highest BCUT2D eigenvalue weighted by Gasteiger charge is 2.25. The topological polar surface area (TPSA) is 38.0 Å². The monoisotopic (exact) mass is 208 g/mol. The lowest BCUT2D eigenvalue weighted by molar-refractivity contribution is 0.217. The van der Waals surface area contributed by atoms with Crippen molar-refractivity contribution in [2.24, 2.45) is 17.7 Å². The third kappa shape index (κ3) is 4.24. The Kier molecular flexibility index (Phi) is 5.75. The van der Waals surface area contributed by atoms with E-state index in [0.717, 1.165) is 24.7 Å². The van der Waals surface area contributed by atoms with Crippen LogP contribution in [0.5, 0.6) is 0 Å². The minimum atomic E-state index is 0.466. The van der Waals surface area contributed by atoms with E-state index < -0.39 is 0 Å². The Hall–Kier alpha value is -0.520. The lowest BCUT2D eigenvalue weighted by Crippen LogP contribution is -2.42. The largest absolute Gasteiger partial charge is 0.271 e. The Labute approximate surface area is 94.0 Å². The minimum absolute atomic E-state index is 0.466. The standard InChI is InChI=1S/C13H24N2/c1-3-4-5-9-13(15-14)12-8-6-7-11(2)10-12/h11-13,15H,5-10,14H2,1-2H3. The van der Waals surface area contributed by atoms with E-state index in [0.29, 0.717) is 6.04 Å². The number of nitrogens with two attached hydrogens (primary N) is 1. The van der Waals surface area contributed by atoms with Crippen molar-refractivity contribution in [2.45, 2.75) is 58.4 Å². The van der Waals surface area contributed by atoms with Gasteiger partial charge in [-0.15, -0.1) is 11.8 Å². The van der Waals surface area contributed by atoms with Crippen molar-refractivity contribution in [3.63, 3.8) is 0 Å². The molecule has 3 N–H and O–H groups in total. The maximum Gasteiger partial charge on any atom is 0.0247 e. The molecule has 0 radical (unpaired) electrons. The lowest BCUT2D eigenvalue weighted by Gasteiger charge is -2.32. The summed E-state index contributed by atoms with van der Waals surface area (Å²) in [6, 6.07) is 0.466. The highest BCUT2D eigenvalue weighted by Crippen LogP contribution is 2.31. The first-order valence-corrected chi connectivity index (χ1v) is 6.13. The molecule has 3 unspecified atom stereocenters. The molecule has 1 aliphatic rings. The average Bonchev–Trinajstić information content (AvgIpc) is 2.24. The second-order valence-corrected chi connectivity index (χ2v) is 4.77. The number of hydrazine groups is 1. The van der Waals surface area contributed by atoms with Crippen LogP contribution in [0.1, 0.15) is 52.4 Å². The fourth-order valence-electron chi connectivity index (χ4n) is 2.65. The molecule has 0 amide bonds. The third-order valence-corrected chi connectivity index (χ3v) is 3.52. The molecule has 0 saturated heterocycles. The van der Waals surface area contributed by atoms with Gasteiger partial charge >= 0.3 is 0 Å². The molecule has 0 aromatic carbocycles. The van der Waals surface area contributed by atoms with Crippen LogP contribution in [0.3, 0.4) is 0 Å². The Bertz CT molecular complexity index is 226. The fourth-order valence-corrected chi connectivity index (χ4v) is 2.65. The second kappa shape index (κ2) is 6.87. The molecule has 2 nitrogen and oxygen atoms in total. The summed E-state index contributed by atoms with van der Waals surface area (Å²) in [5, 5.41) is 0. The Morgan fingerprint density at radius 2 is 2.27 bits per heavy atom. The van der Waals surface area contributed by atoms with Gasteiger partial charge in [0.15, 0.2) is 0 Å². The Balaban J connectivity index is 2.37. The number of rotatable bonds is 4. The lowest BCUT2D eigenvalue weighted by atomic mass is 9.77. The average molecular weight is 208 g/mol. The summed E-state index contributed by atoms with van der Waals surface area (Å²) in [5.74, 6) is 13.3. The molecule has 1 saturated carbocycles. The molecule has 2 heteroatoms. The first-order chi connectivity index (χ1) is 7.27. The van der Waals surface area contributed by atoms with Crippen molar-refractivity contribution in [3.05, 3.63) is 0 Å². The molecule has 1 rings (SSSR count). The smallest absolute Gasteiger partial charge is 0.0247 e. The van der Waals surface area contributed by atoms with Crippen molar-refractivity contribution in [1.29, 1.82) is 0 Å². The molecule has 15 heavy (non-hydrogen) atoms. The minimum Gasteiger partial charge on any atom is -0.271 e. The first kappa shape index (κ1) is 12.5. The van der Waals surface area contributed by atoms with Gasteiger partial charge in [0.25, 0.3) is 0 Å². The Morgan fingerprint density at radius 1 is 1.47 bits per heavy atom. The van der Waals surface area contributed by atoms with Crippen molar-refractivity contribution >= 4 is 0 Å². The summed E-state index contributed by atoms with van der Waals surface area (Å²) in [6.45, 7) is 4.25. The van der Waals surface area contributed by atoms with Gasteiger partial charge in [-0.3, -0.25) is 11.3 Å². The van der Waals surface area contributed by atoms with E-state index in [1.807, 2.05) is 6.92 Å². The number of hydrogen-bond donors (Lipinski definition) is 2. The summed E-state index contributed by atoms with van der Waals surface area (Å²) >= 11 is 0. The van der Waals surface area contributed by atoms with Crippen molar-refractivity contribution < 1.29 is 0 Å². The molecule has 3 atom stereocenters. The zero-order valence-corrected chi connectivity index (χ0v) is 10.1. The van der Waals surface area contributed by atoms with Gasteiger partial charge in [0.1, 0.15) is 0 Å². The number of hydrogen-bond acceptors (Lipinski definition) is 2. The van der Waals surface area contributed by atoms with Gasteiger partial charge in [-0.05, 0) is 38.0 Å². The van der Waals surface area contributed by atoms with Gasteiger partial charge in [0.05, 0.1) is 0 Å². The molecule has 0 heterocycles. The van der Waals surface area contributed by atoms with Gasteiger partial charge in [-0.1, -0.05) is 19.8 Å². The van der Waals surface area contributed by atoms with Crippen LogP contribution < -0.4 is 11.3 Å². The second-order valence-electron chi connectivity index (χ2n) is 4.77. The van der Waals surface area contributed by atoms with E-state index in [-0.39, 0.29) is 0 Å². The summed E-state index contributed by atoms with van der Waals surface area (Å²) in [4.78, 5) is 0. The molecule has 0 aromatic rings. The summed E-state index contributed by atoms with van der Waals surface area (Å²) in [7, 11) is 0. The van der Waals surface area contributed by atoms with E-state index in [2.05, 4.69) is 24.2 Å². The molecule has 86 valence electrons. The molecule has 0 aromatic heterocycles. The van der Waals surface area contributed by atoms with Crippen LogP contribution in [0.4, 0.5) is 0 Å². The van der Waals surface area contributed by atoms with E-state index >= 15 is 0 Å². The van der Waals surface area contributed by atoms with Crippen molar-refractivity contribution in [2.75, 3.05) is 0 Å². The van der Waals surface area contributed by atoms with Crippen LogP contribution in [0, 0.1) is 23.7 Å². The molecule has 0 bridgehead atoms. The number of nitrogens with one attached hydrogen (secondary N) is 1. The first-order valence-electron chi connectivity index (χ1n) is 6.13. The van der Waals surface area contributed by atoms with E-state index in [1.54, 1.807) is 0 Å². The predicted octanol–water partition coefficient (Wildman–Crippen LogP) is 2.45. The summed E-state index contributed by atoms with van der Waals surface area (Å²) in [6.07, 6.45) is 7.48. The van der Waals surface area contributed by atoms with Gasteiger partial charge < -0.3 is 0 Å². The third-order valence-electron chi connectivity index (χ3n) is 3.52. The SMILES string of the molecule is CC#CCCC(NN)C1CCCC(C)C1. The maximum absolute atomic E-state index is 5.63. The van der Waals surface area contributed by atoms with E-state index in [9.17, 15) is 0 Å². The van der Waals surface area contributed by atoms with Gasteiger partial charge in [-0.2, -0.15) is 0 Å². The van der Waals surface area contributed by atoms with E-state index in [1.165, 1.54) is 25.7 Å². The quantitative estimate of drug-likeness (QED) is 0.423. The molecule has 0 aliphatic heterocycles. The fraction of sp³-hybridized carbons (Fsp3) is 0.846. The van der Waals surface area contributed by atoms with Gasteiger partial charge in [-0.25, -0.2) is 0 Å². The molecule has 1 aliphatic carbocycles. The molecule has 0 spiro atoms. The van der Waals surface area contributed by atoms with Crippen molar-refractivity contribution in [1.82, 2.24) is 5.43 Å². The molecular weight excluding hydrogens is 184 g/mol. The summed E-state index contributed by atoms with van der Waals surface area (Å²) in [5.41, 5.74) is 2.98. The van der Waals surface area contributed by atoms with Gasteiger partial charge in [0, 0.05) is 12.5 Å². The van der Waals surface area contributed by atoms with Crippen LogP contribution >= 0.6 is 0 Å². The highest BCUT2D eigenvalue weighted by atomic mass is 15.2.